The third kappa shape index (κ3) is 4.99. The number of allylic oxidation sites excluding steroid dienone is 2. The summed E-state index contributed by atoms with van der Waals surface area (Å²) in [5.74, 6) is 0.186. The highest BCUT2D eigenvalue weighted by molar-refractivity contribution is 7.17. The summed E-state index contributed by atoms with van der Waals surface area (Å²) in [6.07, 6.45) is 14.2. The summed E-state index contributed by atoms with van der Waals surface area (Å²) < 4.78 is 2.84. The number of hydrogen-bond donors (Lipinski definition) is 1. The number of nitrogens with one attached hydrogen (secondary N) is 1. The zero-order valence-corrected chi connectivity index (χ0v) is 28.5. The molecular weight excluding hydrogens is 623 g/mol. The van der Waals surface area contributed by atoms with Crippen molar-refractivity contribution in [3.05, 3.63) is 179 Å². The average molecular weight is 658 g/mol. The van der Waals surface area contributed by atoms with Gasteiger partial charge in [-0.05, 0) is 96.4 Å². The molecule has 0 radical (unpaired) electrons. The molecule has 0 saturated heterocycles. The fourth-order valence-corrected chi connectivity index (χ4v) is 9.46. The summed E-state index contributed by atoms with van der Waals surface area (Å²) in [6, 6.07) is 51.4. The Bertz CT molecular complexity index is 2780. The summed E-state index contributed by atoms with van der Waals surface area (Å²) in [5, 5.41) is 14.5. The molecule has 2 unspecified atom stereocenters. The van der Waals surface area contributed by atoms with Crippen LogP contribution in [0.5, 0.6) is 0 Å². The summed E-state index contributed by atoms with van der Waals surface area (Å²) in [6.45, 7) is 0. The highest BCUT2D eigenvalue weighted by Crippen LogP contribution is 2.38. The van der Waals surface area contributed by atoms with E-state index in [1.807, 2.05) is 11.3 Å². The quantitative estimate of drug-likeness (QED) is 0.182. The van der Waals surface area contributed by atoms with Gasteiger partial charge in [-0.25, -0.2) is 0 Å². The van der Waals surface area contributed by atoms with Gasteiger partial charge in [0, 0.05) is 26.2 Å². The normalized spacial score (nSPS) is 17.0. The standard InChI is InChI=1S/C48H35NS/c1-2-9-31(10-3-1)35-22-28-46(45(30-35)44-15-8-14-43-42-13-6-7-16-47(42)50-48(43)44)49-37-23-17-32(18-24-37)34-20-25-39-36(29-34)21-27-40-38-12-5-4-11-33(38)19-26-41(39)40/h1-5,8-30,45-46,49H,6-7H2. The summed E-state index contributed by atoms with van der Waals surface area (Å²) in [7, 11) is 0. The Labute approximate surface area is 295 Å². The molecule has 0 amide bonds. The van der Waals surface area contributed by atoms with Gasteiger partial charge in [-0.3, -0.25) is 0 Å². The van der Waals surface area contributed by atoms with Gasteiger partial charge < -0.3 is 5.32 Å². The molecule has 1 heterocycles. The molecule has 8 aromatic rings. The van der Waals surface area contributed by atoms with E-state index in [4.69, 9.17) is 0 Å². The molecule has 0 fully saturated rings. The van der Waals surface area contributed by atoms with Crippen LogP contribution in [0.3, 0.4) is 0 Å². The number of hydrogen-bond acceptors (Lipinski definition) is 2. The second kappa shape index (κ2) is 12.0. The van der Waals surface area contributed by atoms with Gasteiger partial charge in [0.2, 0.25) is 0 Å². The van der Waals surface area contributed by atoms with Gasteiger partial charge >= 0.3 is 0 Å². The maximum Gasteiger partial charge on any atom is 0.0551 e. The Kier molecular flexibility index (Phi) is 7.03. The molecule has 2 aliphatic carbocycles. The van der Waals surface area contributed by atoms with Crippen LogP contribution in [0, 0.1) is 0 Å². The monoisotopic (exact) mass is 657 g/mol. The molecule has 7 aromatic carbocycles. The van der Waals surface area contributed by atoms with Crippen molar-refractivity contribution >= 4 is 77.2 Å². The first-order valence-corrected chi connectivity index (χ1v) is 18.5. The van der Waals surface area contributed by atoms with Gasteiger partial charge in [0.05, 0.1) is 6.04 Å². The van der Waals surface area contributed by atoms with Crippen molar-refractivity contribution in [2.24, 2.45) is 0 Å². The third-order valence-corrected chi connectivity index (χ3v) is 11.9. The van der Waals surface area contributed by atoms with Crippen molar-refractivity contribution in [2.75, 3.05) is 5.32 Å². The van der Waals surface area contributed by atoms with E-state index >= 15 is 0 Å². The smallest absolute Gasteiger partial charge is 0.0551 e. The van der Waals surface area contributed by atoms with E-state index in [0.717, 1.165) is 18.5 Å². The molecule has 0 spiro atoms. The van der Waals surface area contributed by atoms with Gasteiger partial charge in [0.25, 0.3) is 0 Å². The first-order valence-electron chi connectivity index (χ1n) is 17.7. The Morgan fingerprint density at radius 3 is 2.14 bits per heavy atom. The molecule has 1 aromatic heterocycles. The molecule has 2 atom stereocenters. The third-order valence-electron chi connectivity index (χ3n) is 10.6. The second-order valence-corrected chi connectivity index (χ2v) is 14.6. The average Bonchev–Trinajstić information content (AvgIpc) is 3.57. The minimum Gasteiger partial charge on any atom is -0.378 e. The van der Waals surface area contributed by atoms with E-state index in [1.165, 1.54) is 80.0 Å². The molecule has 0 saturated carbocycles. The first-order chi connectivity index (χ1) is 24.8. The number of anilines is 1. The SMILES string of the molecule is C1=CC(Nc2ccc(-c3ccc4c(ccc5c6ccccc6ccc45)c3)cc2)C(c2cccc3c4c(sc23)=CCCC=4)C=C1c1ccccc1. The number of rotatable bonds is 5. The minimum atomic E-state index is 0.121. The van der Waals surface area contributed by atoms with Gasteiger partial charge in [0.15, 0.2) is 0 Å². The van der Waals surface area contributed by atoms with Crippen molar-refractivity contribution in [1.29, 1.82) is 0 Å². The summed E-state index contributed by atoms with van der Waals surface area (Å²) >= 11 is 1.96. The summed E-state index contributed by atoms with van der Waals surface area (Å²) in [5.41, 5.74) is 7.51. The van der Waals surface area contributed by atoms with E-state index in [9.17, 15) is 0 Å². The summed E-state index contributed by atoms with van der Waals surface area (Å²) in [4.78, 5) is 0. The largest absolute Gasteiger partial charge is 0.378 e. The van der Waals surface area contributed by atoms with Gasteiger partial charge in [0.1, 0.15) is 0 Å². The fraction of sp³-hybridized carbons (Fsp3) is 0.0833. The zero-order valence-electron chi connectivity index (χ0n) is 27.6. The Morgan fingerprint density at radius 1 is 0.540 bits per heavy atom. The zero-order chi connectivity index (χ0) is 33.0. The molecule has 2 aliphatic rings. The van der Waals surface area contributed by atoms with Crippen molar-refractivity contribution in [3.63, 3.8) is 0 Å². The molecule has 1 N–H and O–H groups in total. The highest BCUT2D eigenvalue weighted by Gasteiger charge is 2.26. The van der Waals surface area contributed by atoms with Crippen LogP contribution >= 0.6 is 11.3 Å². The van der Waals surface area contributed by atoms with E-state index in [2.05, 4.69) is 175 Å². The minimum absolute atomic E-state index is 0.121. The van der Waals surface area contributed by atoms with E-state index in [-0.39, 0.29) is 12.0 Å². The van der Waals surface area contributed by atoms with E-state index < -0.39 is 0 Å². The van der Waals surface area contributed by atoms with Crippen LogP contribution in [0.15, 0.2) is 158 Å². The fourth-order valence-electron chi connectivity index (χ4n) is 8.13. The predicted molar refractivity (Wildman–Crippen MR) is 217 cm³/mol. The van der Waals surface area contributed by atoms with Gasteiger partial charge in [-0.1, -0.05) is 152 Å². The molecule has 2 heteroatoms. The first kappa shape index (κ1) is 29.2. The Hall–Kier alpha value is -5.70. The van der Waals surface area contributed by atoms with Crippen LogP contribution < -0.4 is 15.1 Å². The molecule has 50 heavy (non-hydrogen) atoms. The maximum absolute atomic E-state index is 3.93. The number of fused-ring (bicyclic) bond motifs is 8. The van der Waals surface area contributed by atoms with E-state index in [0.29, 0.717) is 0 Å². The number of benzene rings is 7. The van der Waals surface area contributed by atoms with Crippen LogP contribution in [-0.4, -0.2) is 6.04 Å². The molecule has 10 rings (SSSR count). The van der Waals surface area contributed by atoms with Crippen LogP contribution in [0.1, 0.15) is 29.9 Å². The molecule has 0 bridgehead atoms. The Morgan fingerprint density at radius 2 is 1.26 bits per heavy atom. The lowest BCUT2D eigenvalue weighted by molar-refractivity contribution is 0.765. The second-order valence-electron chi connectivity index (χ2n) is 13.6. The topological polar surface area (TPSA) is 12.0 Å². The predicted octanol–water partition coefficient (Wildman–Crippen LogP) is 11.6. The molecule has 0 aliphatic heterocycles. The van der Waals surface area contributed by atoms with Crippen LogP contribution in [0.2, 0.25) is 0 Å². The van der Waals surface area contributed by atoms with E-state index in [1.54, 1.807) is 0 Å². The maximum atomic E-state index is 3.93. The molecule has 1 nitrogen and oxygen atoms in total. The Balaban J connectivity index is 0.984. The van der Waals surface area contributed by atoms with Crippen LogP contribution in [-0.2, 0) is 0 Å². The van der Waals surface area contributed by atoms with Gasteiger partial charge in [-0.15, -0.1) is 11.3 Å². The van der Waals surface area contributed by atoms with Crippen molar-refractivity contribution in [3.8, 4) is 11.1 Å². The van der Waals surface area contributed by atoms with Crippen LogP contribution in [0.4, 0.5) is 5.69 Å². The van der Waals surface area contributed by atoms with Gasteiger partial charge in [-0.2, -0.15) is 0 Å². The lowest BCUT2D eigenvalue weighted by atomic mass is 9.83. The van der Waals surface area contributed by atoms with Crippen molar-refractivity contribution in [2.45, 2.75) is 24.8 Å². The highest BCUT2D eigenvalue weighted by atomic mass is 32.1. The van der Waals surface area contributed by atoms with Crippen molar-refractivity contribution < 1.29 is 0 Å². The molecular formula is C48H35NS. The number of thiophene rings is 1. The molecule has 238 valence electrons. The lowest BCUT2D eigenvalue weighted by Gasteiger charge is -2.29. The lowest BCUT2D eigenvalue weighted by Crippen LogP contribution is -2.26. The van der Waals surface area contributed by atoms with Crippen molar-refractivity contribution in [1.82, 2.24) is 0 Å². The van der Waals surface area contributed by atoms with Crippen LogP contribution in [0.25, 0.3) is 71.3 Å².